The molecule has 1 aromatic heterocycles. The van der Waals surface area contributed by atoms with Crippen molar-refractivity contribution in [1.82, 2.24) is 4.57 Å². The van der Waals surface area contributed by atoms with Crippen LogP contribution >= 0.6 is 0 Å². The fourth-order valence-electron chi connectivity index (χ4n) is 1.11. The van der Waals surface area contributed by atoms with Gasteiger partial charge in [0.2, 0.25) is 6.33 Å². The van der Waals surface area contributed by atoms with Crippen LogP contribution in [0.15, 0.2) is 18.7 Å². The van der Waals surface area contributed by atoms with Gasteiger partial charge in [0.1, 0.15) is 12.4 Å². The average Bonchev–Trinajstić information content (AvgIpc) is 2.53. The summed E-state index contributed by atoms with van der Waals surface area (Å²) < 4.78 is 3.73. The third kappa shape index (κ3) is 2.87. The molecule has 5 heteroatoms. The standard InChI is InChI=1S/C8H14N3O2/c1-2-3-10-4-5-11(7-10)6-8(12)13-9/h4-5,7H,2-3,6,9H2,1H3/q+1. The minimum Gasteiger partial charge on any atom is -0.370 e. The Kier molecular flexibility index (Phi) is 3.45. The van der Waals surface area contributed by atoms with Crippen LogP contribution in [-0.2, 0) is 22.7 Å². The number of hydrogen-bond donors (Lipinski definition) is 1. The minimum absolute atomic E-state index is 0.160. The molecule has 0 unspecified atom stereocenters. The zero-order valence-electron chi connectivity index (χ0n) is 7.64. The van der Waals surface area contributed by atoms with Crippen LogP contribution in [0.25, 0.3) is 0 Å². The van der Waals surface area contributed by atoms with Gasteiger partial charge in [-0.25, -0.2) is 13.9 Å². The summed E-state index contributed by atoms with van der Waals surface area (Å²) in [4.78, 5) is 14.8. The van der Waals surface area contributed by atoms with Crippen LogP contribution in [0.3, 0.4) is 0 Å². The molecule has 0 aliphatic rings. The molecule has 0 aliphatic carbocycles. The van der Waals surface area contributed by atoms with E-state index in [4.69, 9.17) is 5.90 Å². The lowest BCUT2D eigenvalue weighted by atomic mass is 10.5. The van der Waals surface area contributed by atoms with Crippen molar-refractivity contribution in [3.05, 3.63) is 18.7 Å². The highest BCUT2D eigenvalue weighted by Crippen LogP contribution is 1.87. The Labute approximate surface area is 76.7 Å². The Morgan fingerprint density at radius 3 is 3.08 bits per heavy atom. The molecule has 0 aromatic carbocycles. The second kappa shape index (κ2) is 4.61. The number of carbonyl (C=O) groups excluding carboxylic acids is 1. The third-order valence-corrected chi connectivity index (χ3v) is 1.67. The van der Waals surface area contributed by atoms with E-state index in [1.54, 1.807) is 4.57 Å². The number of nitrogens with two attached hydrogens (primary N) is 1. The molecule has 0 saturated heterocycles. The van der Waals surface area contributed by atoms with E-state index >= 15 is 0 Å². The second-order valence-corrected chi connectivity index (χ2v) is 2.81. The summed E-state index contributed by atoms with van der Waals surface area (Å²) in [5, 5.41) is 0. The fraction of sp³-hybridized carbons (Fsp3) is 0.500. The second-order valence-electron chi connectivity index (χ2n) is 2.81. The Morgan fingerprint density at radius 2 is 2.46 bits per heavy atom. The van der Waals surface area contributed by atoms with Crippen molar-refractivity contribution in [1.29, 1.82) is 0 Å². The van der Waals surface area contributed by atoms with Crippen LogP contribution in [0.1, 0.15) is 13.3 Å². The molecule has 0 saturated carbocycles. The van der Waals surface area contributed by atoms with Gasteiger partial charge in [0.05, 0.1) is 6.54 Å². The van der Waals surface area contributed by atoms with E-state index in [-0.39, 0.29) is 6.54 Å². The predicted molar refractivity (Wildman–Crippen MR) is 45.2 cm³/mol. The first-order valence-corrected chi connectivity index (χ1v) is 4.20. The summed E-state index contributed by atoms with van der Waals surface area (Å²) in [7, 11) is 0. The van der Waals surface area contributed by atoms with Gasteiger partial charge in [0, 0.05) is 0 Å². The number of aromatic nitrogens is 2. The molecule has 0 atom stereocenters. The largest absolute Gasteiger partial charge is 0.370 e. The van der Waals surface area contributed by atoms with Gasteiger partial charge in [-0.1, -0.05) is 6.92 Å². The quantitative estimate of drug-likeness (QED) is 0.511. The smallest absolute Gasteiger partial charge is 0.366 e. The predicted octanol–water partition coefficient (Wildman–Crippen LogP) is -0.397. The molecule has 1 aromatic rings. The molecule has 0 spiro atoms. The highest BCUT2D eigenvalue weighted by Gasteiger charge is 2.08. The Bertz CT molecular complexity index is 283. The Morgan fingerprint density at radius 1 is 1.69 bits per heavy atom. The van der Waals surface area contributed by atoms with Crippen molar-refractivity contribution in [2.45, 2.75) is 26.4 Å². The fourth-order valence-corrected chi connectivity index (χ4v) is 1.11. The zero-order chi connectivity index (χ0) is 9.68. The Balaban J connectivity index is 2.53. The molecular weight excluding hydrogens is 170 g/mol. The van der Waals surface area contributed by atoms with Crippen molar-refractivity contribution in [2.24, 2.45) is 5.90 Å². The average molecular weight is 184 g/mol. The highest BCUT2D eigenvalue weighted by molar-refractivity contribution is 5.67. The Hall–Kier alpha value is -1.36. The lowest BCUT2D eigenvalue weighted by Crippen LogP contribution is -2.37. The van der Waals surface area contributed by atoms with Gasteiger partial charge in [-0.2, -0.15) is 5.90 Å². The van der Waals surface area contributed by atoms with Gasteiger partial charge in [-0.05, 0) is 6.42 Å². The lowest BCUT2D eigenvalue weighted by molar-refractivity contribution is -0.685. The molecular formula is C8H14N3O2+. The number of carbonyl (C=O) groups is 1. The summed E-state index contributed by atoms with van der Waals surface area (Å²) in [5.41, 5.74) is 0. The van der Waals surface area contributed by atoms with Crippen molar-refractivity contribution in [3.63, 3.8) is 0 Å². The number of imidazole rings is 1. The van der Waals surface area contributed by atoms with E-state index in [1.807, 2.05) is 23.3 Å². The van der Waals surface area contributed by atoms with Crippen molar-refractivity contribution in [2.75, 3.05) is 0 Å². The van der Waals surface area contributed by atoms with Gasteiger partial charge in [-0.3, -0.25) is 0 Å². The molecule has 0 aliphatic heterocycles. The minimum atomic E-state index is -0.445. The van der Waals surface area contributed by atoms with E-state index < -0.39 is 5.97 Å². The molecule has 1 rings (SSSR count). The lowest BCUT2D eigenvalue weighted by Gasteiger charge is -1.93. The normalized spacial score (nSPS) is 10.0. The first-order chi connectivity index (χ1) is 6.26. The molecule has 0 fully saturated rings. The van der Waals surface area contributed by atoms with Gasteiger partial charge < -0.3 is 4.84 Å². The molecule has 2 N–H and O–H groups in total. The van der Waals surface area contributed by atoms with E-state index in [0.29, 0.717) is 0 Å². The van der Waals surface area contributed by atoms with Crippen molar-refractivity contribution in [3.8, 4) is 0 Å². The summed E-state index contributed by atoms with van der Waals surface area (Å²) in [5.74, 6) is 4.27. The van der Waals surface area contributed by atoms with Crippen molar-refractivity contribution >= 4 is 5.97 Å². The summed E-state index contributed by atoms with van der Waals surface area (Å²) >= 11 is 0. The summed E-state index contributed by atoms with van der Waals surface area (Å²) in [6.45, 7) is 3.20. The van der Waals surface area contributed by atoms with Crippen LogP contribution < -0.4 is 10.5 Å². The third-order valence-electron chi connectivity index (χ3n) is 1.67. The molecule has 72 valence electrons. The number of rotatable bonds is 4. The zero-order valence-corrected chi connectivity index (χ0v) is 7.64. The van der Waals surface area contributed by atoms with E-state index in [1.165, 1.54) is 0 Å². The van der Waals surface area contributed by atoms with E-state index in [0.717, 1.165) is 13.0 Å². The number of nitrogens with zero attached hydrogens (tertiary/aromatic N) is 2. The van der Waals surface area contributed by atoms with E-state index in [2.05, 4.69) is 11.8 Å². The monoisotopic (exact) mass is 184 g/mol. The van der Waals surface area contributed by atoms with Gasteiger partial charge >= 0.3 is 5.97 Å². The maximum atomic E-state index is 10.8. The summed E-state index contributed by atoms with van der Waals surface area (Å²) in [6.07, 6.45) is 6.64. The first-order valence-electron chi connectivity index (χ1n) is 4.20. The topological polar surface area (TPSA) is 61.1 Å². The van der Waals surface area contributed by atoms with Gasteiger partial charge in [-0.15, -0.1) is 0 Å². The maximum absolute atomic E-state index is 10.8. The molecule has 5 nitrogen and oxygen atoms in total. The van der Waals surface area contributed by atoms with Crippen LogP contribution in [-0.4, -0.2) is 10.5 Å². The molecule has 13 heavy (non-hydrogen) atoms. The molecule has 0 amide bonds. The number of hydrogen-bond acceptors (Lipinski definition) is 3. The van der Waals surface area contributed by atoms with Crippen molar-refractivity contribution < 1.29 is 14.2 Å². The number of aryl methyl sites for hydroxylation is 1. The SMILES string of the molecule is CCCn1cc[n+](CC(=O)ON)c1. The van der Waals surface area contributed by atoms with Gasteiger partial charge in [0.15, 0.2) is 6.54 Å². The van der Waals surface area contributed by atoms with Crippen LogP contribution in [0.2, 0.25) is 0 Å². The van der Waals surface area contributed by atoms with Crippen LogP contribution in [0, 0.1) is 0 Å². The molecule has 0 bridgehead atoms. The van der Waals surface area contributed by atoms with Crippen LogP contribution in [0.4, 0.5) is 0 Å². The van der Waals surface area contributed by atoms with Crippen LogP contribution in [0.5, 0.6) is 0 Å². The first kappa shape index (κ1) is 9.73. The maximum Gasteiger partial charge on any atom is 0.366 e. The van der Waals surface area contributed by atoms with E-state index in [9.17, 15) is 4.79 Å². The molecule has 0 radical (unpaired) electrons. The highest BCUT2D eigenvalue weighted by atomic mass is 16.7. The summed E-state index contributed by atoms with van der Waals surface area (Å²) in [6, 6.07) is 0. The van der Waals surface area contributed by atoms with Gasteiger partial charge in [0.25, 0.3) is 0 Å². The molecule has 1 heterocycles.